The molecule has 3 rings (SSSR count). The van der Waals surface area contributed by atoms with E-state index in [1.54, 1.807) is 24.3 Å². The largest absolute Gasteiger partial charge is 0.385 e. The summed E-state index contributed by atoms with van der Waals surface area (Å²) in [6, 6.07) is 14.3. The number of aliphatic hydroxyl groups excluding tert-OH is 1. The Bertz CT molecular complexity index is 858. The van der Waals surface area contributed by atoms with E-state index >= 15 is 0 Å². The monoisotopic (exact) mass is 403 g/mol. The minimum atomic E-state index is -3.76. The molecule has 1 aliphatic rings. The third-order valence-corrected chi connectivity index (χ3v) is 7.20. The minimum absolute atomic E-state index is 0.0583. The third-order valence-electron chi connectivity index (χ3n) is 5.39. The fraction of sp³-hybridized carbons (Fsp3) is 0.455. The Morgan fingerprint density at radius 1 is 0.929 bits per heavy atom. The highest BCUT2D eigenvalue weighted by Gasteiger charge is 2.29. The second kappa shape index (κ2) is 9.07. The maximum Gasteiger partial charge on any atom is 0.264 e. The molecule has 0 unspecified atom stereocenters. The summed E-state index contributed by atoms with van der Waals surface area (Å²) in [5.41, 5.74) is 2.66. The van der Waals surface area contributed by atoms with E-state index in [2.05, 4.69) is 0 Å². The summed E-state index contributed by atoms with van der Waals surface area (Å²) < 4.78 is 28.1. The van der Waals surface area contributed by atoms with Gasteiger partial charge in [-0.1, -0.05) is 35.4 Å². The Morgan fingerprint density at radius 3 is 2.04 bits per heavy atom. The van der Waals surface area contributed by atoms with Crippen LogP contribution in [0.1, 0.15) is 30.4 Å². The van der Waals surface area contributed by atoms with E-state index in [1.807, 2.05) is 38.1 Å². The van der Waals surface area contributed by atoms with E-state index in [0.717, 1.165) is 24.2 Å². The van der Waals surface area contributed by atoms with Crippen LogP contribution in [-0.2, 0) is 10.0 Å². The summed E-state index contributed by atoms with van der Waals surface area (Å²) in [6.07, 6.45) is 2.88. The van der Waals surface area contributed by atoms with Crippen molar-refractivity contribution in [2.45, 2.75) is 44.1 Å². The average molecular weight is 404 g/mol. The smallest absolute Gasteiger partial charge is 0.264 e. The van der Waals surface area contributed by atoms with E-state index in [9.17, 15) is 13.5 Å². The normalized spacial score (nSPS) is 16.7. The van der Waals surface area contributed by atoms with Gasteiger partial charge in [0.05, 0.1) is 30.2 Å². The molecule has 1 aliphatic heterocycles. The van der Waals surface area contributed by atoms with Gasteiger partial charge in [-0.2, -0.15) is 0 Å². The molecular weight excluding hydrogens is 372 g/mol. The molecule has 2 aromatic rings. The third kappa shape index (κ3) is 5.13. The molecule has 0 saturated carbocycles. The van der Waals surface area contributed by atoms with Crippen molar-refractivity contribution in [1.29, 1.82) is 0 Å². The standard InChI is InChI=1S/C22H30N2O3S/c1-18-6-10-20(11-7-18)24(17-21(25)16-23-14-4-3-5-15-23)28(26,27)22-12-8-19(2)9-13-22/h6-13,21,25H,3-5,14-17H2,1-2H3/p+1/t21-/m0/s1. The Morgan fingerprint density at radius 2 is 1.46 bits per heavy atom. The van der Waals surface area contributed by atoms with Crippen molar-refractivity contribution < 1.29 is 18.4 Å². The second-order valence-electron chi connectivity index (χ2n) is 7.85. The first kappa shape index (κ1) is 20.8. The highest BCUT2D eigenvalue weighted by molar-refractivity contribution is 7.92. The lowest BCUT2D eigenvalue weighted by molar-refractivity contribution is -0.907. The van der Waals surface area contributed by atoms with Crippen molar-refractivity contribution in [3.63, 3.8) is 0 Å². The Balaban J connectivity index is 1.86. The molecular formula is C22H31N2O3S+. The quantitative estimate of drug-likeness (QED) is 0.743. The fourth-order valence-corrected chi connectivity index (χ4v) is 5.24. The molecule has 0 bridgehead atoms. The van der Waals surface area contributed by atoms with Gasteiger partial charge < -0.3 is 10.0 Å². The Labute approximate surface area is 168 Å². The first-order chi connectivity index (χ1) is 13.4. The maximum atomic E-state index is 13.4. The first-order valence-electron chi connectivity index (χ1n) is 10.0. The van der Waals surface area contributed by atoms with Crippen molar-refractivity contribution in [3.8, 4) is 0 Å². The second-order valence-corrected chi connectivity index (χ2v) is 9.72. The van der Waals surface area contributed by atoms with E-state index in [1.165, 1.54) is 28.5 Å². The van der Waals surface area contributed by atoms with E-state index < -0.39 is 16.1 Å². The first-order valence-corrected chi connectivity index (χ1v) is 11.5. The molecule has 152 valence electrons. The van der Waals surface area contributed by atoms with Gasteiger partial charge in [0.1, 0.15) is 12.6 Å². The van der Waals surface area contributed by atoms with E-state index in [4.69, 9.17) is 0 Å². The van der Waals surface area contributed by atoms with Crippen LogP contribution in [0.25, 0.3) is 0 Å². The van der Waals surface area contributed by atoms with Crippen molar-refractivity contribution in [1.82, 2.24) is 0 Å². The lowest BCUT2D eigenvalue weighted by atomic mass is 10.1. The van der Waals surface area contributed by atoms with Gasteiger partial charge in [-0.15, -0.1) is 0 Å². The van der Waals surface area contributed by atoms with Crippen molar-refractivity contribution >= 4 is 15.7 Å². The average Bonchev–Trinajstić information content (AvgIpc) is 2.68. The lowest BCUT2D eigenvalue weighted by Gasteiger charge is -2.30. The van der Waals surface area contributed by atoms with Crippen molar-refractivity contribution in [2.24, 2.45) is 0 Å². The van der Waals surface area contributed by atoms with E-state index in [0.29, 0.717) is 12.2 Å². The number of benzene rings is 2. The fourth-order valence-electron chi connectivity index (χ4n) is 3.74. The topological polar surface area (TPSA) is 62.1 Å². The zero-order valence-electron chi connectivity index (χ0n) is 16.8. The molecule has 1 heterocycles. The zero-order chi connectivity index (χ0) is 20.1. The van der Waals surface area contributed by atoms with Crippen LogP contribution >= 0.6 is 0 Å². The molecule has 28 heavy (non-hydrogen) atoms. The SMILES string of the molecule is Cc1ccc(N(C[C@@H](O)C[NH+]2CCCCC2)S(=O)(=O)c2ccc(C)cc2)cc1. The van der Waals surface area contributed by atoms with Crippen LogP contribution in [0.2, 0.25) is 0 Å². The number of aryl methyl sites for hydroxylation is 2. The summed E-state index contributed by atoms with van der Waals surface area (Å²) >= 11 is 0. The number of likely N-dealkylation sites (tertiary alicyclic amines) is 1. The summed E-state index contributed by atoms with van der Waals surface area (Å²) in [5.74, 6) is 0. The van der Waals surface area contributed by atoms with Gasteiger partial charge in [-0.25, -0.2) is 8.42 Å². The van der Waals surface area contributed by atoms with Crippen LogP contribution in [0.15, 0.2) is 53.4 Å². The molecule has 0 spiro atoms. The van der Waals surface area contributed by atoms with Gasteiger partial charge in [0.15, 0.2) is 0 Å². The maximum absolute atomic E-state index is 13.4. The molecule has 6 heteroatoms. The van der Waals surface area contributed by atoms with Crippen LogP contribution in [0.4, 0.5) is 5.69 Å². The van der Waals surface area contributed by atoms with Gasteiger partial charge >= 0.3 is 0 Å². The molecule has 2 N–H and O–H groups in total. The van der Waals surface area contributed by atoms with Gasteiger partial charge in [-0.05, 0) is 57.4 Å². The van der Waals surface area contributed by atoms with Crippen LogP contribution in [0.5, 0.6) is 0 Å². The van der Waals surface area contributed by atoms with Crippen molar-refractivity contribution in [3.05, 3.63) is 59.7 Å². The number of sulfonamides is 1. The minimum Gasteiger partial charge on any atom is -0.385 e. The van der Waals surface area contributed by atoms with Crippen molar-refractivity contribution in [2.75, 3.05) is 30.5 Å². The summed E-state index contributed by atoms with van der Waals surface area (Å²) in [7, 11) is -3.76. The van der Waals surface area contributed by atoms with Crippen LogP contribution in [0, 0.1) is 13.8 Å². The highest BCUT2D eigenvalue weighted by Crippen LogP contribution is 2.24. The van der Waals surface area contributed by atoms with Crippen LogP contribution in [0.3, 0.4) is 0 Å². The number of anilines is 1. The number of nitrogens with one attached hydrogen (secondary N) is 1. The molecule has 2 aromatic carbocycles. The molecule has 1 fully saturated rings. The Kier molecular flexibility index (Phi) is 6.75. The van der Waals surface area contributed by atoms with Gasteiger partial charge in [0.2, 0.25) is 0 Å². The molecule has 1 saturated heterocycles. The van der Waals surface area contributed by atoms with E-state index in [-0.39, 0.29) is 11.4 Å². The number of hydrogen-bond acceptors (Lipinski definition) is 3. The number of piperidine rings is 1. The lowest BCUT2D eigenvalue weighted by Crippen LogP contribution is -3.14. The molecule has 0 aromatic heterocycles. The molecule has 5 nitrogen and oxygen atoms in total. The number of aliphatic hydroxyl groups is 1. The predicted molar refractivity (Wildman–Crippen MR) is 112 cm³/mol. The Hall–Kier alpha value is -1.89. The molecule has 0 aliphatic carbocycles. The number of quaternary nitrogens is 1. The highest BCUT2D eigenvalue weighted by atomic mass is 32.2. The number of nitrogens with zero attached hydrogens (tertiary/aromatic N) is 1. The van der Waals surface area contributed by atoms with Crippen LogP contribution < -0.4 is 9.21 Å². The summed E-state index contributed by atoms with van der Waals surface area (Å²) in [4.78, 5) is 1.60. The summed E-state index contributed by atoms with van der Waals surface area (Å²) in [6.45, 7) is 6.63. The van der Waals surface area contributed by atoms with Gasteiger partial charge in [0, 0.05) is 0 Å². The molecule has 1 atom stereocenters. The number of rotatable bonds is 7. The van der Waals surface area contributed by atoms with Gasteiger partial charge in [0.25, 0.3) is 10.0 Å². The molecule has 0 radical (unpaired) electrons. The summed E-state index contributed by atoms with van der Waals surface area (Å²) in [5, 5.41) is 10.7. The van der Waals surface area contributed by atoms with Crippen LogP contribution in [-0.4, -0.2) is 45.8 Å². The number of hydrogen-bond donors (Lipinski definition) is 2. The predicted octanol–water partition coefficient (Wildman–Crippen LogP) is 1.93. The molecule has 0 amide bonds. The van der Waals surface area contributed by atoms with Gasteiger partial charge in [-0.3, -0.25) is 4.31 Å². The zero-order valence-corrected chi connectivity index (χ0v) is 17.6.